The molecule has 2 aliphatic carbocycles. The fourth-order valence-corrected chi connectivity index (χ4v) is 4.42. The summed E-state index contributed by atoms with van der Waals surface area (Å²) in [6.45, 7) is 0. The molecule has 2 aliphatic rings. The number of thioether (sulfide) groups is 1. The van der Waals surface area contributed by atoms with Crippen molar-refractivity contribution in [2.75, 3.05) is 0 Å². The van der Waals surface area contributed by atoms with Crippen LogP contribution in [-0.4, -0.2) is 24.9 Å². The SMILES string of the molecule is c1coc(-c2nnc(SCc3noc(C4CC4)n3)n2C2CCCCC2)c1. The molecule has 0 N–H and O–H groups in total. The summed E-state index contributed by atoms with van der Waals surface area (Å²) in [6, 6.07) is 4.26. The van der Waals surface area contributed by atoms with E-state index >= 15 is 0 Å². The molecule has 2 fully saturated rings. The van der Waals surface area contributed by atoms with E-state index in [2.05, 4.69) is 24.9 Å². The lowest BCUT2D eigenvalue weighted by Gasteiger charge is -2.25. The fraction of sp³-hybridized carbons (Fsp3) is 0.556. The molecule has 0 atom stereocenters. The Hall–Kier alpha value is -2.09. The number of aromatic nitrogens is 5. The van der Waals surface area contributed by atoms with Crippen molar-refractivity contribution in [1.29, 1.82) is 0 Å². The maximum atomic E-state index is 5.59. The molecule has 136 valence electrons. The molecule has 0 amide bonds. The van der Waals surface area contributed by atoms with Gasteiger partial charge in [0, 0.05) is 12.0 Å². The van der Waals surface area contributed by atoms with E-state index in [1.807, 2.05) is 12.1 Å². The number of nitrogens with zero attached hydrogens (tertiary/aromatic N) is 5. The molecular weight excluding hydrogens is 350 g/mol. The Kier molecular flexibility index (Phi) is 4.28. The summed E-state index contributed by atoms with van der Waals surface area (Å²) in [5.74, 6) is 4.22. The van der Waals surface area contributed by atoms with E-state index in [0.717, 1.165) is 54.1 Å². The Labute approximate surface area is 155 Å². The van der Waals surface area contributed by atoms with E-state index in [9.17, 15) is 0 Å². The maximum absolute atomic E-state index is 5.59. The zero-order valence-electron chi connectivity index (χ0n) is 14.5. The Balaban J connectivity index is 1.39. The summed E-state index contributed by atoms with van der Waals surface area (Å²) in [5.41, 5.74) is 0. The Morgan fingerprint density at radius 2 is 2.00 bits per heavy atom. The molecule has 2 saturated carbocycles. The van der Waals surface area contributed by atoms with E-state index in [-0.39, 0.29) is 0 Å². The minimum Gasteiger partial charge on any atom is -0.461 e. The summed E-state index contributed by atoms with van der Waals surface area (Å²) >= 11 is 1.62. The number of hydrogen-bond donors (Lipinski definition) is 0. The van der Waals surface area contributed by atoms with Gasteiger partial charge in [-0.2, -0.15) is 4.98 Å². The van der Waals surface area contributed by atoms with Crippen LogP contribution in [0.3, 0.4) is 0 Å². The van der Waals surface area contributed by atoms with Gasteiger partial charge in [-0.05, 0) is 37.8 Å². The summed E-state index contributed by atoms with van der Waals surface area (Å²) in [4.78, 5) is 4.51. The zero-order chi connectivity index (χ0) is 17.3. The third-order valence-corrected chi connectivity index (χ3v) is 6.03. The molecule has 0 aliphatic heterocycles. The van der Waals surface area contributed by atoms with Crippen LogP contribution >= 0.6 is 11.8 Å². The van der Waals surface area contributed by atoms with Gasteiger partial charge in [-0.15, -0.1) is 10.2 Å². The molecule has 0 bridgehead atoms. The van der Waals surface area contributed by atoms with Crippen molar-refractivity contribution < 1.29 is 8.94 Å². The van der Waals surface area contributed by atoms with Crippen LogP contribution in [0.2, 0.25) is 0 Å². The van der Waals surface area contributed by atoms with Gasteiger partial charge in [-0.1, -0.05) is 36.2 Å². The summed E-state index contributed by atoms with van der Waals surface area (Å²) in [5, 5.41) is 13.9. The standard InChI is InChI=1S/C18H21N5O2S/c1-2-5-13(6-3-1)23-16(14-7-4-10-24-14)20-21-18(23)26-11-15-19-17(25-22-15)12-8-9-12/h4,7,10,12-13H,1-3,5-6,8-9,11H2. The highest BCUT2D eigenvalue weighted by Crippen LogP contribution is 2.39. The molecule has 8 heteroatoms. The fourth-order valence-electron chi connectivity index (χ4n) is 3.57. The van der Waals surface area contributed by atoms with Gasteiger partial charge in [0.15, 0.2) is 16.7 Å². The predicted octanol–water partition coefficient (Wildman–Crippen LogP) is 4.60. The second-order valence-electron chi connectivity index (χ2n) is 7.06. The highest BCUT2D eigenvalue weighted by molar-refractivity contribution is 7.98. The molecular formula is C18H21N5O2S. The highest BCUT2D eigenvalue weighted by Gasteiger charge is 2.30. The summed E-state index contributed by atoms with van der Waals surface area (Å²) in [6.07, 6.45) is 10.1. The predicted molar refractivity (Wildman–Crippen MR) is 95.7 cm³/mol. The molecule has 0 spiro atoms. The van der Waals surface area contributed by atoms with Crippen LogP contribution in [0.4, 0.5) is 0 Å². The Morgan fingerprint density at radius 1 is 1.12 bits per heavy atom. The summed E-state index contributed by atoms with van der Waals surface area (Å²) < 4.78 is 13.2. The van der Waals surface area contributed by atoms with E-state index in [4.69, 9.17) is 8.94 Å². The lowest BCUT2D eigenvalue weighted by molar-refractivity contribution is 0.337. The number of furan rings is 1. The summed E-state index contributed by atoms with van der Waals surface area (Å²) in [7, 11) is 0. The number of hydrogen-bond acceptors (Lipinski definition) is 7. The lowest BCUT2D eigenvalue weighted by atomic mass is 9.95. The van der Waals surface area contributed by atoms with Crippen molar-refractivity contribution in [2.24, 2.45) is 0 Å². The lowest BCUT2D eigenvalue weighted by Crippen LogP contribution is -2.15. The van der Waals surface area contributed by atoms with E-state index in [0.29, 0.717) is 17.7 Å². The van der Waals surface area contributed by atoms with E-state index < -0.39 is 0 Å². The second kappa shape index (κ2) is 6.90. The van der Waals surface area contributed by atoms with Gasteiger partial charge in [-0.3, -0.25) is 4.57 Å². The first kappa shape index (κ1) is 16.1. The topological polar surface area (TPSA) is 82.8 Å². The van der Waals surface area contributed by atoms with Crippen molar-refractivity contribution in [3.8, 4) is 11.6 Å². The molecule has 7 nitrogen and oxygen atoms in total. The van der Waals surface area contributed by atoms with Crippen molar-refractivity contribution in [3.05, 3.63) is 30.1 Å². The molecule has 26 heavy (non-hydrogen) atoms. The van der Waals surface area contributed by atoms with Gasteiger partial charge in [0.25, 0.3) is 0 Å². The van der Waals surface area contributed by atoms with Crippen LogP contribution in [0.5, 0.6) is 0 Å². The van der Waals surface area contributed by atoms with Gasteiger partial charge in [0.05, 0.1) is 12.0 Å². The minimum absolute atomic E-state index is 0.425. The minimum atomic E-state index is 0.425. The van der Waals surface area contributed by atoms with Gasteiger partial charge >= 0.3 is 0 Å². The van der Waals surface area contributed by atoms with Crippen LogP contribution < -0.4 is 0 Å². The van der Waals surface area contributed by atoms with Crippen LogP contribution in [0.15, 0.2) is 32.5 Å². The van der Waals surface area contributed by atoms with Crippen LogP contribution in [0.25, 0.3) is 11.6 Å². The van der Waals surface area contributed by atoms with Crippen molar-refractivity contribution in [1.82, 2.24) is 24.9 Å². The highest BCUT2D eigenvalue weighted by atomic mass is 32.2. The van der Waals surface area contributed by atoms with Crippen molar-refractivity contribution >= 4 is 11.8 Å². The zero-order valence-corrected chi connectivity index (χ0v) is 15.3. The normalized spacial score (nSPS) is 18.5. The smallest absolute Gasteiger partial charge is 0.229 e. The maximum Gasteiger partial charge on any atom is 0.229 e. The van der Waals surface area contributed by atoms with Gasteiger partial charge < -0.3 is 8.94 Å². The van der Waals surface area contributed by atoms with Crippen LogP contribution in [0.1, 0.15) is 68.6 Å². The average Bonchev–Trinajstić information content (AvgIpc) is 3.09. The third-order valence-electron chi connectivity index (χ3n) is 5.09. The molecule has 5 rings (SSSR count). The molecule has 0 aromatic carbocycles. The van der Waals surface area contributed by atoms with Gasteiger partial charge in [0.1, 0.15) is 0 Å². The van der Waals surface area contributed by atoms with Gasteiger partial charge in [0.2, 0.25) is 11.7 Å². The van der Waals surface area contributed by atoms with E-state index in [1.165, 1.54) is 19.3 Å². The van der Waals surface area contributed by atoms with E-state index in [1.54, 1.807) is 18.0 Å². The average molecular weight is 371 g/mol. The van der Waals surface area contributed by atoms with Crippen LogP contribution in [-0.2, 0) is 5.75 Å². The number of rotatable bonds is 6. The first-order valence-corrected chi connectivity index (χ1v) is 10.3. The van der Waals surface area contributed by atoms with Crippen molar-refractivity contribution in [2.45, 2.75) is 67.8 Å². The van der Waals surface area contributed by atoms with Gasteiger partial charge in [-0.25, -0.2) is 0 Å². The first-order valence-electron chi connectivity index (χ1n) is 9.32. The van der Waals surface area contributed by atoms with Crippen LogP contribution in [0, 0.1) is 0 Å². The molecule has 3 heterocycles. The first-order chi connectivity index (χ1) is 12.9. The molecule has 0 unspecified atom stereocenters. The quantitative estimate of drug-likeness (QED) is 0.586. The molecule has 3 aromatic rings. The Bertz CT molecular complexity index is 862. The molecule has 0 radical (unpaired) electrons. The molecule has 0 saturated heterocycles. The second-order valence-corrected chi connectivity index (χ2v) is 8.00. The Morgan fingerprint density at radius 3 is 2.77 bits per heavy atom. The monoisotopic (exact) mass is 371 g/mol. The van der Waals surface area contributed by atoms with Crippen molar-refractivity contribution in [3.63, 3.8) is 0 Å². The third kappa shape index (κ3) is 3.18. The molecule has 3 aromatic heterocycles. The largest absolute Gasteiger partial charge is 0.461 e.